The lowest BCUT2D eigenvalue weighted by Gasteiger charge is -2.23. The van der Waals surface area contributed by atoms with E-state index in [9.17, 15) is 0 Å². The molecule has 0 spiro atoms. The van der Waals surface area contributed by atoms with Crippen LogP contribution in [0.2, 0.25) is 0 Å². The summed E-state index contributed by atoms with van der Waals surface area (Å²) in [5.41, 5.74) is 1.65. The second kappa shape index (κ2) is 8.95. The van der Waals surface area contributed by atoms with Crippen LogP contribution in [0.1, 0.15) is 87.1 Å². The van der Waals surface area contributed by atoms with Crippen molar-refractivity contribution in [3.63, 3.8) is 0 Å². The smallest absolute Gasteiger partial charge is 0.0417 e. The van der Waals surface area contributed by atoms with Crippen molar-refractivity contribution in [1.82, 2.24) is 5.32 Å². The van der Waals surface area contributed by atoms with E-state index in [1.54, 1.807) is 15.3 Å². The number of rotatable bonds is 10. The summed E-state index contributed by atoms with van der Waals surface area (Å²) in [5, 5.41) is 3.83. The fourth-order valence-electron chi connectivity index (χ4n) is 3.46. The van der Waals surface area contributed by atoms with Crippen molar-refractivity contribution in [2.45, 2.75) is 84.6 Å². The molecule has 0 saturated heterocycles. The van der Waals surface area contributed by atoms with E-state index in [-0.39, 0.29) is 0 Å². The number of aryl methyl sites for hydroxylation is 2. The Morgan fingerprint density at radius 2 is 2.05 bits per heavy atom. The van der Waals surface area contributed by atoms with Gasteiger partial charge in [0.25, 0.3) is 0 Å². The van der Waals surface area contributed by atoms with Gasteiger partial charge in [0, 0.05) is 15.8 Å². The molecule has 0 aliphatic heterocycles. The molecule has 120 valence electrons. The Morgan fingerprint density at radius 1 is 1.19 bits per heavy atom. The minimum atomic E-state index is 0.599. The first-order valence-corrected chi connectivity index (χ1v) is 9.94. The normalized spacial score (nSPS) is 16.9. The molecule has 0 bridgehead atoms. The molecule has 2 unspecified atom stereocenters. The largest absolute Gasteiger partial charge is 0.309 e. The molecule has 0 radical (unpaired) electrons. The maximum atomic E-state index is 3.83. The van der Waals surface area contributed by atoms with Crippen LogP contribution in [-0.2, 0) is 12.8 Å². The van der Waals surface area contributed by atoms with E-state index in [2.05, 4.69) is 43.5 Å². The molecule has 1 nitrogen and oxygen atoms in total. The minimum Gasteiger partial charge on any atom is -0.309 e. The summed E-state index contributed by atoms with van der Waals surface area (Å²) in [7, 11) is 0. The quantitative estimate of drug-likeness (QED) is 0.569. The summed E-state index contributed by atoms with van der Waals surface area (Å²) < 4.78 is 0. The van der Waals surface area contributed by atoms with Gasteiger partial charge in [0.05, 0.1) is 0 Å². The standard InChI is InChI=1S/C19H33NS/c1-4-7-9-15(6-3)13-17(20-12-5-2)19-14-16-10-8-11-18(16)21-19/h14-15,17,20H,4-13H2,1-3H3. The number of unbranched alkanes of at least 4 members (excludes halogenated alkanes) is 1. The fraction of sp³-hybridized carbons (Fsp3) is 0.789. The molecule has 1 aromatic rings. The van der Waals surface area contributed by atoms with Crippen LogP contribution in [0.15, 0.2) is 6.07 Å². The van der Waals surface area contributed by atoms with Crippen molar-refractivity contribution in [2.75, 3.05) is 6.54 Å². The van der Waals surface area contributed by atoms with Gasteiger partial charge >= 0.3 is 0 Å². The summed E-state index contributed by atoms with van der Waals surface area (Å²) in [5.74, 6) is 0.885. The van der Waals surface area contributed by atoms with Crippen LogP contribution in [0.25, 0.3) is 0 Å². The highest BCUT2D eigenvalue weighted by atomic mass is 32.1. The van der Waals surface area contributed by atoms with E-state index >= 15 is 0 Å². The van der Waals surface area contributed by atoms with Gasteiger partial charge in [-0.25, -0.2) is 0 Å². The first-order valence-electron chi connectivity index (χ1n) is 9.13. The summed E-state index contributed by atoms with van der Waals surface area (Å²) in [6.07, 6.45) is 12.0. The van der Waals surface area contributed by atoms with E-state index in [1.165, 1.54) is 57.8 Å². The van der Waals surface area contributed by atoms with Gasteiger partial charge in [-0.05, 0) is 56.2 Å². The third-order valence-electron chi connectivity index (χ3n) is 4.86. The molecular formula is C19H33NS. The number of hydrogen-bond acceptors (Lipinski definition) is 2. The molecule has 2 heteroatoms. The lowest BCUT2D eigenvalue weighted by molar-refractivity contribution is 0.356. The molecule has 1 aliphatic carbocycles. The highest BCUT2D eigenvalue weighted by Gasteiger charge is 2.22. The summed E-state index contributed by atoms with van der Waals surface area (Å²) in [6.45, 7) is 8.10. The molecule has 2 rings (SSSR count). The number of fused-ring (bicyclic) bond motifs is 1. The SMILES string of the molecule is CCCCC(CC)CC(NCCC)c1cc2c(s1)CCC2. The average molecular weight is 308 g/mol. The van der Waals surface area contributed by atoms with Crippen LogP contribution in [0, 0.1) is 5.92 Å². The van der Waals surface area contributed by atoms with Gasteiger partial charge in [-0.2, -0.15) is 0 Å². The Balaban J connectivity index is 2.01. The number of hydrogen-bond donors (Lipinski definition) is 1. The number of nitrogens with one attached hydrogen (secondary N) is 1. The highest BCUT2D eigenvalue weighted by Crippen LogP contribution is 2.36. The Kier molecular flexibility index (Phi) is 7.25. The van der Waals surface area contributed by atoms with Crippen LogP contribution in [0.3, 0.4) is 0 Å². The van der Waals surface area contributed by atoms with Crippen molar-refractivity contribution >= 4 is 11.3 Å². The lowest BCUT2D eigenvalue weighted by atomic mass is 9.91. The minimum absolute atomic E-state index is 0.599. The Bertz CT molecular complexity index is 388. The molecule has 21 heavy (non-hydrogen) atoms. The zero-order chi connectivity index (χ0) is 15.1. The fourth-order valence-corrected chi connectivity index (χ4v) is 4.80. The van der Waals surface area contributed by atoms with Crippen LogP contribution in [0.5, 0.6) is 0 Å². The average Bonchev–Trinajstić information content (AvgIpc) is 3.08. The van der Waals surface area contributed by atoms with E-state index in [0.717, 1.165) is 12.5 Å². The lowest BCUT2D eigenvalue weighted by Crippen LogP contribution is -2.24. The summed E-state index contributed by atoms with van der Waals surface area (Å²) >= 11 is 2.09. The maximum Gasteiger partial charge on any atom is 0.0417 e. The zero-order valence-electron chi connectivity index (χ0n) is 14.2. The van der Waals surface area contributed by atoms with Crippen LogP contribution in [0.4, 0.5) is 0 Å². The van der Waals surface area contributed by atoms with Crippen molar-refractivity contribution in [2.24, 2.45) is 5.92 Å². The second-order valence-electron chi connectivity index (χ2n) is 6.61. The van der Waals surface area contributed by atoms with Crippen molar-refractivity contribution in [1.29, 1.82) is 0 Å². The van der Waals surface area contributed by atoms with E-state index < -0.39 is 0 Å². The van der Waals surface area contributed by atoms with Crippen molar-refractivity contribution in [3.8, 4) is 0 Å². The van der Waals surface area contributed by atoms with Gasteiger partial charge in [0.1, 0.15) is 0 Å². The van der Waals surface area contributed by atoms with E-state index in [1.807, 2.05) is 0 Å². The van der Waals surface area contributed by atoms with E-state index in [4.69, 9.17) is 0 Å². The van der Waals surface area contributed by atoms with Gasteiger partial charge in [-0.3, -0.25) is 0 Å². The molecule has 1 aliphatic rings. The van der Waals surface area contributed by atoms with Crippen LogP contribution < -0.4 is 5.32 Å². The van der Waals surface area contributed by atoms with Crippen LogP contribution >= 0.6 is 11.3 Å². The van der Waals surface area contributed by atoms with E-state index in [0.29, 0.717) is 6.04 Å². The predicted molar refractivity (Wildman–Crippen MR) is 95.3 cm³/mol. The topological polar surface area (TPSA) is 12.0 Å². The highest BCUT2D eigenvalue weighted by molar-refractivity contribution is 7.12. The van der Waals surface area contributed by atoms with Crippen molar-refractivity contribution < 1.29 is 0 Å². The molecule has 0 saturated carbocycles. The molecule has 0 amide bonds. The monoisotopic (exact) mass is 307 g/mol. The molecule has 0 fully saturated rings. The molecule has 2 atom stereocenters. The molecular weight excluding hydrogens is 274 g/mol. The molecule has 1 aromatic heterocycles. The first kappa shape index (κ1) is 17.0. The Labute approximate surface area is 135 Å². The molecule has 1 heterocycles. The predicted octanol–water partition coefficient (Wildman–Crippen LogP) is 5.88. The Hall–Kier alpha value is -0.340. The first-order chi connectivity index (χ1) is 10.3. The van der Waals surface area contributed by atoms with Gasteiger partial charge in [-0.15, -0.1) is 11.3 Å². The second-order valence-corrected chi connectivity index (χ2v) is 7.78. The van der Waals surface area contributed by atoms with Gasteiger partial charge in [0.15, 0.2) is 0 Å². The number of thiophene rings is 1. The van der Waals surface area contributed by atoms with Crippen molar-refractivity contribution in [3.05, 3.63) is 21.4 Å². The zero-order valence-corrected chi connectivity index (χ0v) is 15.0. The summed E-state index contributed by atoms with van der Waals surface area (Å²) in [6, 6.07) is 3.12. The molecule has 1 N–H and O–H groups in total. The molecule has 0 aromatic carbocycles. The maximum absolute atomic E-state index is 3.83. The van der Waals surface area contributed by atoms with Gasteiger partial charge in [0.2, 0.25) is 0 Å². The Morgan fingerprint density at radius 3 is 2.71 bits per heavy atom. The summed E-state index contributed by atoms with van der Waals surface area (Å²) in [4.78, 5) is 3.29. The van der Waals surface area contributed by atoms with Crippen LogP contribution in [-0.4, -0.2) is 6.54 Å². The van der Waals surface area contributed by atoms with Gasteiger partial charge < -0.3 is 5.32 Å². The third kappa shape index (κ3) is 4.82. The van der Waals surface area contributed by atoms with Gasteiger partial charge in [-0.1, -0.05) is 46.5 Å². The third-order valence-corrected chi connectivity index (χ3v) is 6.21.